The Balaban J connectivity index is 1.94. The summed E-state index contributed by atoms with van der Waals surface area (Å²) in [6.07, 6.45) is 5.91. The number of esters is 1. The van der Waals surface area contributed by atoms with Gasteiger partial charge in [-0.2, -0.15) is 0 Å². The standard InChI is InChI=1S/C18H24O2/c1-17(2,3)16(19)20-15-14-8-5-4-7-13(14)9-12-18(15)10-6-11-18/h4-5,7-8,15H,6,9-12H2,1-3H3. The minimum Gasteiger partial charge on any atom is -0.456 e. The summed E-state index contributed by atoms with van der Waals surface area (Å²) in [7, 11) is 0. The second kappa shape index (κ2) is 4.61. The SMILES string of the molecule is CC(C)(C)C(=O)OC1c2ccccc2CCC12CCC2. The average Bonchev–Trinajstić information content (AvgIpc) is 2.36. The molecule has 0 saturated heterocycles. The van der Waals surface area contributed by atoms with Gasteiger partial charge >= 0.3 is 5.97 Å². The summed E-state index contributed by atoms with van der Waals surface area (Å²) < 4.78 is 6.00. The first-order valence-electron chi connectivity index (χ1n) is 7.71. The topological polar surface area (TPSA) is 26.3 Å². The molecule has 2 nitrogen and oxygen atoms in total. The molecule has 3 rings (SSSR count). The van der Waals surface area contributed by atoms with Crippen LogP contribution >= 0.6 is 0 Å². The average molecular weight is 272 g/mol. The molecule has 108 valence electrons. The zero-order chi connectivity index (χ0) is 14.4. The van der Waals surface area contributed by atoms with E-state index >= 15 is 0 Å². The smallest absolute Gasteiger partial charge is 0.311 e. The summed E-state index contributed by atoms with van der Waals surface area (Å²) >= 11 is 0. The Kier molecular flexibility index (Phi) is 3.15. The first-order valence-corrected chi connectivity index (χ1v) is 7.71. The lowest BCUT2D eigenvalue weighted by Gasteiger charge is -2.50. The number of rotatable bonds is 1. The van der Waals surface area contributed by atoms with Crippen molar-refractivity contribution in [2.75, 3.05) is 0 Å². The number of benzene rings is 1. The van der Waals surface area contributed by atoms with Crippen LogP contribution in [0.1, 0.15) is 63.7 Å². The quantitative estimate of drug-likeness (QED) is 0.707. The molecule has 1 unspecified atom stereocenters. The van der Waals surface area contributed by atoms with Gasteiger partial charge in [0, 0.05) is 5.41 Å². The van der Waals surface area contributed by atoms with Gasteiger partial charge in [0.15, 0.2) is 0 Å². The summed E-state index contributed by atoms with van der Waals surface area (Å²) in [4.78, 5) is 12.3. The molecule has 2 aliphatic rings. The van der Waals surface area contributed by atoms with Crippen LogP contribution in [0.5, 0.6) is 0 Å². The monoisotopic (exact) mass is 272 g/mol. The van der Waals surface area contributed by atoms with Crippen LogP contribution in [0.4, 0.5) is 0 Å². The van der Waals surface area contributed by atoms with Crippen molar-refractivity contribution in [3.8, 4) is 0 Å². The molecular formula is C18H24O2. The molecule has 0 heterocycles. The lowest BCUT2D eigenvalue weighted by atomic mass is 9.58. The van der Waals surface area contributed by atoms with E-state index in [-0.39, 0.29) is 17.5 Å². The molecule has 1 atom stereocenters. The number of ether oxygens (including phenoxy) is 1. The van der Waals surface area contributed by atoms with Gasteiger partial charge in [-0.05, 0) is 57.6 Å². The van der Waals surface area contributed by atoms with Gasteiger partial charge in [-0.15, -0.1) is 0 Å². The fraction of sp³-hybridized carbons (Fsp3) is 0.611. The lowest BCUT2D eigenvalue weighted by Crippen LogP contribution is -2.43. The maximum atomic E-state index is 12.3. The maximum Gasteiger partial charge on any atom is 0.311 e. The third-order valence-corrected chi connectivity index (χ3v) is 4.97. The number of carbonyl (C=O) groups is 1. The third kappa shape index (κ3) is 2.15. The molecular weight excluding hydrogens is 248 g/mol. The molecule has 1 spiro atoms. The first kappa shape index (κ1) is 13.7. The van der Waals surface area contributed by atoms with Gasteiger partial charge < -0.3 is 4.74 Å². The van der Waals surface area contributed by atoms with Gasteiger partial charge in [-0.25, -0.2) is 0 Å². The maximum absolute atomic E-state index is 12.3. The molecule has 1 saturated carbocycles. The third-order valence-electron chi connectivity index (χ3n) is 4.97. The number of hydrogen-bond donors (Lipinski definition) is 0. The molecule has 0 bridgehead atoms. The van der Waals surface area contributed by atoms with Crippen molar-refractivity contribution in [3.05, 3.63) is 35.4 Å². The molecule has 0 aromatic heterocycles. The van der Waals surface area contributed by atoms with Crippen LogP contribution in [0.3, 0.4) is 0 Å². The van der Waals surface area contributed by atoms with Crippen LogP contribution in [0.2, 0.25) is 0 Å². The van der Waals surface area contributed by atoms with E-state index in [9.17, 15) is 4.79 Å². The normalized spacial score (nSPS) is 23.9. The van der Waals surface area contributed by atoms with Crippen molar-refractivity contribution in [1.82, 2.24) is 0 Å². The zero-order valence-electron chi connectivity index (χ0n) is 12.7. The van der Waals surface area contributed by atoms with E-state index in [1.165, 1.54) is 30.4 Å². The van der Waals surface area contributed by atoms with Crippen molar-refractivity contribution < 1.29 is 9.53 Å². The van der Waals surface area contributed by atoms with E-state index in [2.05, 4.69) is 24.3 Å². The molecule has 1 aromatic carbocycles. The van der Waals surface area contributed by atoms with Gasteiger partial charge in [0.1, 0.15) is 6.10 Å². The largest absolute Gasteiger partial charge is 0.456 e. The van der Waals surface area contributed by atoms with Gasteiger partial charge in [-0.1, -0.05) is 30.7 Å². The van der Waals surface area contributed by atoms with E-state index in [4.69, 9.17) is 4.74 Å². The summed E-state index contributed by atoms with van der Waals surface area (Å²) in [5.74, 6) is -0.0783. The Bertz CT molecular complexity index is 520. The number of hydrogen-bond acceptors (Lipinski definition) is 2. The van der Waals surface area contributed by atoms with E-state index in [0.717, 1.165) is 12.8 Å². The highest BCUT2D eigenvalue weighted by Gasteiger charge is 2.50. The molecule has 0 radical (unpaired) electrons. The van der Waals surface area contributed by atoms with E-state index < -0.39 is 5.41 Å². The van der Waals surface area contributed by atoms with Crippen molar-refractivity contribution in [2.24, 2.45) is 10.8 Å². The summed E-state index contributed by atoms with van der Waals surface area (Å²) in [5.41, 5.74) is 2.39. The van der Waals surface area contributed by atoms with Gasteiger partial charge in [0.05, 0.1) is 5.41 Å². The van der Waals surface area contributed by atoms with Gasteiger partial charge in [-0.3, -0.25) is 4.79 Å². The highest BCUT2D eigenvalue weighted by Crippen LogP contribution is 2.58. The van der Waals surface area contributed by atoms with Crippen LogP contribution in [0.25, 0.3) is 0 Å². The van der Waals surface area contributed by atoms with Crippen molar-refractivity contribution in [3.63, 3.8) is 0 Å². The summed E-state index contributed by atoms with van der Waals surface area (Å²) in [5, 5.41) is 0. The Labute approximate surface area is 121 Å². The van der Waals surface area contributed by atoms with E-state index in [1.807, 2.05) is 20.8 Å². The van der Waals surface area contributed by atoms with Crippen LogP contribution in [0.15, 0.2) is 24.3 Å². The molecule has 0 N–H and O–H groups in total. The van der Waals surface area contributed by atoms with Gasteiger partial charge in [0.25, 0.3) is 0 Å². The fourth-order valence-corrected chi connectivity index (χ4v) is 3.48. The molecule has 20 heavy (non-hydrogen) atoms. The molecule has 1 fully saturated rings. The highest BCUT2D eigenvalue weighted by atomic mass is 16.5. The number of fused-ring (bicyclic) bond motifs is 1. The molecule has 0 aliphatic heterocycles. The van der Waals surface area contributed by atoms with Gasteiger partial charge in [0.2, 0.25) is 0 Å². The predicted octanol–water partition coefficient (Wildman–Crippen LogP) is 4.43. The number of aryl methyl sites for hydroxylation is 1. The minimum atomic E-state index is -0.433. The Hall–Kier alpha value is -1.31. The van der Waals surface area contributed by atoms with Crippen molar-refractivity contribution in [2.45, 2.75) is 59.0 Å². The molecule has 2 aliphatic carbocycles. The second-order valence-electron chi connectivity index (χ2n) is 7.45. The molecule has 2 heteroatoms. The second-order valence-corrected chi connectivity index (χ2v) is 7.45. The van der Waals surface area contributed by atoms with E-state index in [1.54, 1.807) is 0 Å². The van der Waals surface area contributed by atoms with Crippen molar-refractivity contribution >= 4 is 5.97 Å². The van der Waals surface area contributed by atoms with Crippen LogP contribution in [-0.4, -0.2) is 5.97 Å². The molecule has 0 amide bonds. The summed E-state index contributed by atoms with van der Waals surface area (Å²) in [6, 6.07) is 8.47. The lowest BCUT2D eigenvalue weighted by molar-refractivity contribution is -0.174. The number of carbonyl (C=O) groups excluding carboxylic acids is 1. The van der Waals surface area contributed by atoms with Crippen LogP contribution < -0.4 is 0 Å². The Morgan fingerprint density at radius 3 is 2.50 bits per heavy atom. The summed E-state index contributed by atoms with van der Waals surface area (Å²) in [6.45, 7) is 5.78. The molecule has 1 aromatic rings. The van der Waals surface area contributed by atoms with Crippen LogP contribution in [-0.2, 0) is 16.0 Å². The van der Waals surface area contributed by atoms with Crippen molar-refractivity contribution in [1.29, 1.82) is 0 Å². The first-order chi connectivity index (χ1) is 9.42. The highest BCUT2D eigenvalue weighted by molar-refractivity contribution is 5.75. The predicted molar refractivity (Wildman–Crippen MR) is 79.3 cm³/mol. The Morgan fingerprint density at radius 1 is 1.20 bits per heavy atom. The van der Waals surface area contributed by atoms with E-state index in [0.29, 0.717) is 0 Å². The fourth-order valence-electron chi connectivity index (χ4n) is 3.48. The minimum absolute atomic E-state index is 0.0343. The Morgan fingerprint density at radius 2 is 1.90 bits per heavy atom. The van der Waals surface area contributed by atoms with Crippen LogP contribution in [0, 0.1) is 10.8 Å². The zero-order valence-corrected chi connectivity index (χ0v) is 12.7.